The lowest BCUT2D eigenvalue weighted by molar-refractivity contribution is -0.168. The van der Waals surface area contributed by atoms with Crippen LogP contribution < -0.4 is 5.56 Å². The summed E-state index contributed by atoms with van der Waals surface area (Å²) in [5.74, 6) is -0.956. The maximum absolute atomic E-state index is 13.9. The molecule has 0 aliphatic carbocycles. The molecule has 9 heteroatoms. The number of para-hydroxylation sites is 1. The standard InChI is InChI=1S/C36H34N4O5/c1-2-36(45-31(41)12-15-39-16-13-35(23-37,14-17-39)26-9-4-3-5-10-26)20-32(42)44-22-27-28(36)19-30-33-25(21-40(30)34(27)43)18-24-8-6-7-11-29(24)38-33/h3-11,18-19H,2,12-17,20-22H2,1H3. The third-order valence-corrected chi connectivity index (χ3v) is 9.83. The maximum atomic E-state index is 13.9. The average Bonchev–Trinajstić information content (AvgIpc) is 3.36. The van der Waals surface area contributed by atoms with Crippen LogP contribution in [0.2, 0.25) is 0 Å². The van der Waals surface area contributed by atoms with E-state index < -0.39 is 23.0 Å². The fourth-order valence-electron chi connectivity index (χ4n) is 7.17. The predicted molar refractivity (Wildman–Crippen MR) is 167 cm³/mol. The molecule has 5 heterocycles. The van der Waals surface area contributed by atoms with Gasteiger partial charge in [0.25, 0.3) is 5.56 Å². The van der Waals surface area contributed by atoms with E-state index >= 15 is 0 Å². The minimum atomic E-state index is -1.33. The normalized spacial score (nSPS) is 20.3. The van der Waals surface area contributed by atoms with E-state index in [2.05, 4.69) is 17.0 Å². The highest BCUT2D eigenvalue weighted by molar-refractivity contribution is 5.84. The molecule has 0 N–H and O–H groups in total. The Balaban J connectivity index is 1.13. The van der Waals surface area contributed by atoms with E-state index in [0.717, 1.165) is 27.7 Å². The van der Waals surface area contributed by atoms with E-state index in [1.165, 1.54) is 0 Å². The number of likely N-dealkylation sites (tertiary alicyclic amines) is 1. The van der Waals surface area contributed by atoms with Gasteiger partial charge in [-0.2, -0.15) is 5.26 Å². The molecule has 4 aromatic rings. The zero-order valence-electron chi connectivity index (χ0n) is 25.3. The van der Waals surface area contributed by atoms with Gasteiger partial charge in [-0.1, -0.05) is 55.5 Å². The van der Waals surface area contributed by atoms with Gasteiger partial charge < -0.3 is 18.9 Å². The molecule has 0 amide bonds. The average molecular weight is 603 g/mol. The maximum Gasteiger partial charge on any atom is 0.310 e. The monoisotopic (exact) mass is 602 g/mol. The number of nitriles is 1. The summed E-state index contributed by atoms with van der Waals surface area (Å²) in [7, 11) is 0. The molecule has 1 atom stereocenters. The summed E-state index contributed by atoms with van der Waals surface area (Å²) in [5.41, 5.74) is 2.89. The number of hydrogen-bond acceptors (Lipinski definition) is 8. The van der Waals surface area contributed by atoms with Crippen LogP contribution in [0.5, 0.6) is 0 Å². The molecule has 0 spiro atoms. The van der Waals surface area contributed by atoms with Crippen molar-refractivity contribution in [2.45, 2.75) is 63.2 Å². The fourth-order valence-corrected chi connectivity index (χ4v) is 7.17. The zero-order chi connectivity index (χ0) is 31.2. The van der Waals surface area contributed by atoms with Crippen molar-refractivity contribution in [3.05, 3.63) is 99.3 Å². The molecule has 3 aliphatic rings. The van der Waals surface area contributed by atoms with Crippen LogP contribution >= 0.6 is 0 Å². The first-order valence-corrected chi connectivity index (χ1v) is 15.6. The first-order valence-electron chi connectivity index (χ1n) is 15.6. The molecule has 2 aromatic heterocycles. The summed E-state index contributed by atoms with van der Waals surface area (Å²) in [4.78, 5) is 47.3. The smallest absolute Gasteiger partial charge is 0.310 e. The summed E-state index contributed by atoms with van der Waals surface area (Å²) >= 11 is 0. The van der Waals surface area contributed by atoms with E-state index in [0.29, 0.717) is 62.3 Å². The molecule has 1 fully saturated rings. The second kappa shape index (κ2) is 11.3. The lowest BCUT2D eigenvalue weighted by Gasteiger charge is -2.38. The SMILES string of the molecule is CCC1(OC(=O)CCN2CCC(C#N)(c3ccccc3)CC2)CC(=O)OCc2c1cc1n(c2=O)Cc2cc3ccccc3nc2-1. The van der Waals surface area contributed by atoms with Crippen LogP contribution in [0.15, 0.2) is 71.5 Å². The molecule has 9 nitrogen and oxygen atoms in total. The van der Waals surface area contributed by atoms with Gasteiger partial charge in [0, 0.05) is 23.1 Å². The molecular weight excluding hydrogens is 568 g/mol. The van der Waals surface area contributed by atoms with E-state index in [9.17, 15) is 19.6 Å². The van der Waals surface area contributed by atoms with Crippen LogP contribution in [0.25, 0.3) is 22.3 Å². The quantitative estimate of drug-likeness (QED) is 0.250. The number of aromatic nitrogens is 2. The molecule has 228 valence electrons. The van der Waals surface area contributed by atoms with Gasteiger partial charge in [-0.15, -0.1) is 0 Å². The van der Waals surface area contributed by atoms with Crippen molar-refractivity contribution in [1.29, 1.82) is 5.26 Å². The highest BCUT2D eigenvalue weighted by Gasteiger charge is 2.44. The molecule has 7 rings (SSSR count). The number of fused-ring (bicyclic) bond motifs is 5. The van der Waals surface area contributed by atoms with E-state index in [4.69, 9.17) is 14.5 Å². The Hall–Kier alpha value is -4.81. The number of ether oxygens (including phenoxy) is 2. The van der Waals surface area contributed by atoms with E-state index in [-0.39, 0.29) is 25.0 Å². The number of hydrogen-bond donors (Lipinski definition) is 0. The summed E-state index contributed by atoms with van der Waals surface area (Å²) < 4.78 is 13.4. The van der Waals surface area contributed by atoms with Crippen molar-refractivity contribution in [1.82, 2.24) is 14.5 Å². The minimum absolute atomic E-state index is 0.122. The first-order chi connectivity index (χ1) is 21.8. The summed E-state index contributed by atoms with van der Waals surface area (Å²) in [6.45, 7) is 3.91. The summed E-state index contributed by atoms with van der Waals surface area (Å²) in [6, 6.07) is 24.2. The number of nitrogens with zero attached hydrogens (tertiary/aromatic N) is 4. The van der Waals surface area contributed by atoms with Crippen molar-refractivity contribution in [2.75, 3.05) is 19.6 Å². The number of benzene rings is 2. The van der Waals surface area contributed by atoms with Crippen LogP contribution in [-0.4, -0.2) is 46.0 Å². The van der Waals surface area contributed by atoms with E-state index in [1.54, 1.807) is 4.57 Å². The molecule has 3 aliphatic heterocycles. The Kier molecular flexibility index (Phi) is 7.25. The molecule has 1 saturated heterocycles. The lowest BCUT2D eigenvalue weighted by Crippen LogP contribution is -2.43. The van der Waals surface area contributed by atoms with Gasteiger partial charge in [0.2, 0.25) is 0 Å². The predicted octanol–water partition coefficient (Wildman–Crippen LogP) is 4.97. The topological polar surface area (TPSA) is 115 Å². The number of carbonyl (C=O) groups is 2. The van der Waals surface area contributed by atoms with Crippen molar-refractivity contribution in [3.8, 4) is 17.5 Å². The van der Waals surface area contributed by atoms with Gasteiger partial charge >= 0.3 is 11.9 Å². The number of carbonyl (C=O) groups excluding carboxylic acids is 2. The number of piperidine rings is 1. The van der Waals surface area contributed by atoms with Gasteiger partial charge in [0.1, 0.15) is 12.2 Å². The van der Waals surface area contributed by atoms with Crippen molar-refractivity contribution in [3.63, 3.8) is 0 Å². The highest BCUT2D eigenvalue weighted by Crippen LogP contribution is 2.42. The number of pyridine rings is 2. The van der Waals surface area contributed by atoms with Crippen molar-refractivity contribution < 1.29 is 19.1 Å². The Morgan fingerprint density at radius 3 is 2.58 bits per heavy atom. The largest absolute Gasteiger partial charge is 0.460 e. The van der Waals surface area contributed by atoms with Crippen LogP contribution in [0.4, 0.5) is 0 Å². The van der Waals surface area contributed by atoms with Gasteiger partial charge in [0.15, 0.2) is 0 Å². The van der Waals surface area contributed by atoms with Gasteiger partial charge in [-0.25, -0.2) is 4.98 Å². The number of rotatable bonds is 6. The van der Waals surface area contributed by atoms with Gasteiger partial charge in [-0.05, 0) is 56.1 Å². The Bertz CT molecular complexity index is 1920. The molecule has 0 bridgehead atoms. The first kappa shape index (κ1) is 28.9. The molecule has 1 unspecified atom stereocenters. The Morgan fingerprint density at radius 2 is 1.82 bits per heavy atom. The fraction of sp³-hybridized carbons (Fsp3) is 0.361. The Morgan fingerprint density at radius 1 is 1.07 bits per heavy atom. The lowest BCUT2D eigenvalue weighted by atomic mass is 9.74. The third kappa shape index (κ3) is 4.99. The van der Waals surface area contributed by atoms with Gasteiger partial charge in [0.05, 0.1) is 53.3 Å². The zero-order valence-corrected chi connectivity index (χ0v) is 25.3. The molecule has 2 aromatic carbocycles. The summed E-state index contributed by atoms with van der Waals surface area (Å²) in [6.07, 6.45) is 1.61. The summed E-state index contributed by atoms with van der Waals surface area (Å²) in [5, 5.41) is 11.0. The second-order valence-corrected chi connectivity index (χ2v) is 12.3. The van der Waals surface area contributed by atoms with Crippen LogP contribution in [0, 0.1) is 11.3 Å². The van der Waals surface area contributed by atoms with Crippen LogP contribution in [-0.2, 0) is 43.2 Å². The molecule has 0 saturated carbocycles. The van der Waals surface area contributed by atoms with Crippen molar-refractivity contribution >= 4 is 22.8 Å². The number of esters is 2. The highest BCUT2D eigenvalue weighted by atomic mass is 16.6. The number of cyclic esters (lactones) is 1. The second-order valence-electron chi connectivity index (χ2n) is 12.3. The van der Waals surface area contributed by atoms with Crippen molar-refractivity contribution in [2.24, 2.45) is 0 Å². The van der Waals surface area contributed by atoms with Crippen LogP contribution in [0.3, 0.4) is 0 Å². The van der Waals surface area contributed by atoms with Crippen LogP contribution in [0.1, 0.15) is 61.3 Å². The van der Waals surface area contributed by atoms with Gasteiger partial charge in [-0.3, -0.25) is 14.4 Å². The van der Waals surface area contributed by atoms with E-state index in [1.807, 2.05) is 67.6 Å². The molecule has 45 heavy (non-hydrogen) atoms. The third-order valence-electron chi connectivity index (χ3n) is 9.83. The minimum Gasteiger partial charge on any atom is -0.460 e. The molecule has 0 radical (unpaired) electrons. The molecular formula is C36H34N4O5. The Labute approximate surface area is 261 Å².